The zero-order chi connectivity index (χ0) is 18.5. The first kappa shape index (κ1) is 19.2. The van der Waals surface area contributed by atoms with Gasteiger partial charge in [0.1, 0.15) is 5.75 Å². The van der Waals surface area contributed by atoms with Crippen molar-refractivity contribution in [1.82, 2.24) is 9.88 Å². The van der Waals surface area contributed by atoms with E-state index < -0.39 is 0 Å². The minimum atomic E-state index is -0.122. The average Bonchev–Trinajstić information content (AvgIpc) is 2.64. The third-order valence-corrected chi connectivity index (χ3v) is 5.60. The molecule has 0 saturated heterocycles. The van der Waals surface area contributed by atoms with Crippen molar-refractivity contribution < 1.29 is 4.74 Å². The second-order valence-electron chi connectivity index (χ2n) is 7.26. The molecule has 1 N–H and O–H groups in total. The molecule has 0 aliphatic heterocycles. The lowest BCUT2D eigenvalue weighted by molar-refractivity contribution is 0.0878. The van der Waals surface area contributed by atoms with Crippen LogP contribution < -0.4 is 10.3 Å². The Hall–Kier alpha value is -1.52. The molecule has 3 rings (SSSR count). The number of nitrogens with zero attached hydrogens (tertiary/aromatic N) is 1. The highest BCUT2D eigenvalue weighted by Crippen LogP contribution is 2.33. The summed E-state index contributed by atoms with van der Waals surface area (Å²) in [6.07, 6.45) is 8.74. The van der Waals surface area contributed by atoms with E-state index in [4.69, 9.17) is 16.3 Å². The number of nitrogens with one attached hydrogen (secondary N) is 1. The molecule has 5 heteroatoms. The van der Waals surface area contributed by atoms with Crippen molar-refractivity contribution >= 4 is 22.4 Å². The Balaban J connectivity index is 1.65. The highest BCUT2D eigenvalue weighted by molar-refractivity contribution is 6.32. The minimum absolute atomic E-state index is 0.122. The van der Waals surface area contributed by atoms with E-state index in [1.807, 2.05) is 12.1 Å². The number of halogens is 1. The molecule has 0 amide bonds. The molecule has 142 valence electrons. The summed E-state index contributed by atoms with van der Waals surface area (Å²) in [5.74, 6) is 0.687. The van der Waals surface area contributed by atoms with Gasteiger partial charge in [-0.3, -0.25) is 4.79 Å². The van der Waals surface area contributed by atoms with Gasteiger partial charge in [-0.15, -0.1) is 0 Å². The molecule has 0 unspecified atom stereocenters. The molecule has 2 aromatic rings. The summed E-state index contributed by atoms with van der Waals surface area (Å²) >= 11 is 6.37. The van der Waals surface area contributed by atoms with Gasteiger partial charge in [0, 0.05) is 17.6 Å². The zero-order valence-electron chi connectivity index (χ0n) is 15.8. The van der Waals surface area contributed by atoms with E-state index in [1.54, 1.807) is 12.3 Å². The van der Waals surface area contributed by atoms with Crippen LogP contribution in [0.5, 0.6) is 5.75 Å². The van der Waals surface area contributed by atoms with Gasteiger partial charge in [0.05, 0.1) is 11.1 Å². The second kappa shape index (κ2) is 8.92. The first-order valence-electron chi connectivity index (χ1n) is 9.84. The van der Waals surface area contributed by atoms with Gasteiger partial charge in [0.15, 0.2) is 0 Å². The maximum Gasteiger partial charge on any atom is 0.255 e. The highest BCUT2D eigenvalue weighted by atomic mass is 35.5. The number of aromatic nitrogens is 1. The fraction of sp³-hybridized carbons (Fsp3) is 0.571. The Morgan fingerprint density at radius 3 is 2.50 bits per heavy atom. The Bertz CT molecular complexity index is 775. The number of hydrogen-bond acceptors (Lipinski definition) is 3. The number of rotatable bonds is 7. The summed E-state index contributed by atoms with van der Waals surface area (Å²) in [5, 5.41) is 1.97. The summed E-state index contributed by atoms with van der Waals surface area (Å²) < 4.78 is 6.22. The highest BCUT2D eigenvalue weighted by Gasteiger charge is 2.26. The molecule has 0 atom stereocenters. The van der Waals surface area contributed by atoms with Crippen LogP contribution in [0.2, 0.25) is 5.02 Å². The van der Waals surface area contributed by atoms with Crippen molar-refractivity contribution in [3.8, 4) is 5.75 Å². The van der Waals surface area contributed by atoms with E-state index in [1.165, 1.54) is 38.8 Å². The van der Waals surface area contributed by atoms with Crippen LogP contribution in [0.1, 0.15) is 52.4 Å². The number of H-pyrrole nitrogens is 1. The molecule has 1 saturated carbocycles. The fourth-order valence-corrected chi connectivity index (χ4v) is 4.25. The molecule has 1 heterocycles. The second-order valence-corrected chi connectivity index (χ2v) is 7.67. The number of hydrogen-bond donors (Lipinski definition) is 1. The monoisotopic (exact) mass is 376 g/mol. The molecule has 0 radical (unpaired) electrons. The molecular weight excluding hydrogens is 348 g/mol. The van der Waals surface area contributed by atoms with E-state index in [0.29, 0.717) is 22.2 Å². The third kappa shape index (κ3) is 4.41. The quantitative estimate of drug-likeness (QED) is 0.740. The predicted molar refractivity (Wildman–Crippen MR) is 108 cm³/mol. The lowest BCUT2D eigenvalue weighted by Gasteiger charge is -2.36. The Labute approximate surface area is 160 Å². The van der Waals surface area contributed by atoms with Gasteiger partial charge in [-0.1, -0.05) is 25.4 Å². The molecular formula is C21H29ClN2O2. The Morgan fingerprint density at radius 2 is 1.85 bits per heavy atom. The van der Waals surface area contributed by atoms with Gasteiger partial charge in [-0.2, -0.15) is 0 Å². The van der Waals surface area contributed by atoms with Gasteiger partial charge in [-0.05, 0) is 75.2 Å². The van der Waals surface area contributed by atoms with Gasteiger partial charge < -0.3 is 14.6 Å². The molecule has 1 aromatic carbocycles. The summed E-state index contributed by atoms with van der Waals surface area (Å²) in [5.41, 5.74) is -0.122. The maximum atomic E-state index is 11.9. The van der Waals surface area contributed by atoms with Crippen LogP contribution in [0.3, 0.4) is 0 Å². The first-order valence-corrected chi connectivity index (χ1v) is 10.2. The fourth-order valence-electron chi connectivity index (χ4n) is 4.04. The van der Waals surface area contributed by atoms with Crippen molar-refractivity contribution in [3.63, 3.8) is 0 Å². The van der Waals surface area contributed by atoms with Crippen LogP contribution in [0, 0.1) is 0 Å². The predicted octanol–water partition coefficient (Wildman–Crippen LogP) is 4.99. The van der Waals surface area contributed by atoms with Crippen molar-refractivity contribution in [1.29, 1.82) is 0 Å². The Morgan fingerprint density at radius 1 is 1.15 bits per heavy atom. The molecule has 0 spiro atoms. The van der Waals surface area contributed by atoms with Crippen LogP contribution >= 0.6 is 11.6 Å². The molecule has 0 bridgehead atoms. The number of aromatic amines is 1. The van der Waals surface area contributed by atoms with Crippen LogP contribution in [-0.2, 0) is 0 Å². The van der Waals surface area contributed by atoms with E-state index in [2.05, 4.69) is 23.7 Å². The summed E-state index contributed by atoms with van der Waals surface area (Å²) in [7, 11) is 0. The first-order chi connectivity index (χ1) is 12.6. The van der Waals surface area contributed by atoms with Gasteiger partial charge >= 0.3 is 0 Å². The zero-order valence-corrected chi connectivity index (χ0v) is 16.5. The molecule has 1 aliphatic rings. The smallest absolute Gasteiger partial charge is 0.255 e. The molecule has 26 heavy (non-hydrogen) atoms. The van der Waals surface area contributed by atoms with Crippen LogP contribution in [0.25, 0.3) is 10.8 Å². The minimum Gasteiger partial charge on any atom is -0.489 e. The lowest BCUT2D eigenvalue weighted by Crippen LogP contribution is -2.41. The molecule has 1 fully saturated rings. The van der Waals surface area contributed by atoms with Crippen molar-refractivity contribution in [2.75, 3.05) is 13.1 Å². The van der Waals surface area contributed by atoms with Gasteiger partial charge in [0.2, 0.25) is 0 Å². The number of fused-ring (bicyclic) bond motifs is 1. The topological polar surface area (TPSA) is 45.3 Å². The normalized spacial score (nSPS) is 20.6. The molecule has 1 aliphatic carbocycles. The van der Waals surface area contributed by atoms with Gasteiger partial charge in [-0.25, -0.2) is 0 Å². The SMILES string of the molecule is CCCN(CCC)[C@H]1CC[C@H](Oc2cc3cc[nH]c(=O)c3cc2Cl)CC1. The number of benzene rings is 1. The largest absolute Gasteiger partial charge is 0.489 e. The summed E-state index contributed by atoms with van der Waals surface area (Å²) in [4.78, 5) is 17.2. The number of ether oxygens (including phenoxy) is 1. The average molecular weight is 377 g/mol. The lowest BCUT2D eigenvalue weighted by atomic mass is 9.91. The van der Waals surface area contributed by atoms with Gasteiger partial charge in [0.25, 0.3) is 5.56 Å². The maximum absolute atomic E-state index is 11.9. The standard InChI is InChI=1S/C21H29ClN2O2/c1-3-11-24(12-4-2)16-5-7-17(8-6-16)26-20-13-15-9-10-23-21(25)18(15)14-19(20)22/h9-10,13-14,16-17H,3-8,11-12H2,1-2H3,(H,23,25)/t16-,17-. The van der Waals surface area contributed by atoms with Crippen LogP contribution in [0.4, 0.5) is 0 Å². The number of pyridine rings is 1. The third-order valence-electron chi connectivity index (χ3n) is 5.30. The van der Waals surface area contributed by atoms with Crippen molar-refractivity contribution in [3.05, 3.63) is 39.8 Å². The Kier molecular flexibility index (Phi) is 6.60. The van der Waals surface area contributed by atoms with E-state index in [-0.39, 0.29) is 11.7 Å². The molecule has 4 nitrogen and oxygen atoms in total. The summed E-state index contributed by atoms with van der Waals surface area (Å²) in [6.45, 7) is 6.89. The van der Waals surface area contributed by atoms with Crippen LogP contribution in [-0.4, -0.2) is 35.1 Å². The van der Waals surface area contributed by atoms with E-state index in [0.717, 1.165) is 18.2 Å². The van der Waals surface area contributed by atoms with Crippen LogP contribution in [0.15, 0.2) is 29.2 Å². The molecule has 1 aromatic heterocycles. The summed E-state index contributed by atoms with van der Waals surface area (Å²) in [6, 6.07) is 6.16. The van der Waals surface area contributed by atoms with E-state index >= 15 is 0 Å². The van der Waals surface area contributed by atoms with Crippen molar-refractivity contribution in [2.24, 2.45) is 0 Å². The van der Waals surface area contributed by atoms with E-state index in [9.17, 15) is 4.79 Å². The van der Waals surface area contributed by atoms with Crippen molar-refractivity contribution in [2.45, 2.75) is 64.5 Å².